The van der Waals surface area contributed by atoms with Crippen molar-refractivity contribution in [1.29, 1.82) is 0 Å². The van der Waals surface area contributed by atoms with Crippen LogP contribution in [0.4, 0.5) is 5.95 Å². The van der Waals surface area contributed by atoms with Crippen molar-refractivity contribution in [3.63, 3.8) is 0 Å². The Morgan fingerprint density at radius 3 is 2.94 bits per heavy atom. The number of aryl methyl sites for hydroxylation is 2. The largest absolute Gasteiger partial charge is 0.356 e. The molecule has 2 rings (SSSR count). The molecule has 92 valence electrons. The molecule has 0 saturated heterocycles. The minimum Gasteiger partial charge on any atom is -0.356 e. The molecule has 0 aromatic carbocycles. The summed E-state index contributed by atoms with van der Waals surface area (Å²) in [7, 11) is 0. The fourth-order valence-electron chi connectivity index (χ4n) is 1.65. The van der Waals surface area contributed by atoms with Crippen LogP contribution in [0.1, 0.15) is 19.8 Å². The molecule has 0 spiro atoms. The molecule has 0 saturated carbocycles. The lowest BCUT2D eigenvalue weighted by molar-refractivity contribution is 0.516. The standard InChI is InChI=1S/C11H18N6/c1-2-4-12-11-13-5-9-16(11)7-3-8-17-10-6-14-15-17/h5-6,9-10H,2-4,7-8H2,1H3,(H,12,13). The second-order valence-electron chi connectivity index (χ2n) is 3.89. The van der Waals surface area contributed by atoms with Crippen molar-refractivity contribution in [3.05, 3.63) is 24.8 Å². The second-order valence-corrected chi connectivity index (χ2v) is 3.89. The van der Waals surface area contributed by atoms with Gasteiger partial charge in [0.05, 0.1) is 6.20 Å². The summed E-state index contributed by atoms with van der Waals surface area (Å²) >= 11 is 0. The Labute approximate surface area is 101 Å². The molecule has 0 aliphatic carbocycles. The van der Waals surface area contributed by atoms with Gasteiger partial charge in [-0.3, -0.25) is 4.68 Å². The molecule has 0 bridgehead atoms. The topological polar surface area (TPSA) is 60.6 Å². The molecule has 17 heavy (non-hydrogen) atoms. The van der Waals surface area contributed by atoms with Crippen LogP contribution in [0.15, 0.2) is 24.8 Å². The maximum absolute atomic E-state index is 4.29. The van der Waals surface area contributed by atoms with Crippen LogP contribution in [0.3, 0.4) is 0 Å². The number of imidazole rings is 1. The van der Waals surface area contributed by atoms with Crippen LogP contribution in [-0.2, 0) is 13.1 Å². The Morgan fingerprint density at radius 2 is 2.18 bits per heavy atom. The summed E-state index contributed by atoms with van der Waals surface area (Å²) in [6.07, 6.45) is 9.52. The highest BCUT2D eigenvalue weighted by molar-refractivity contribution is 5.25. The Hall–Kier alpha value is -1.85. The van der Waals surface area contributed by atoms with Gasteiger partial charge in [0, 0.05) is 38.2 Å². The lowest BCUT2D eigenvalue weighted by Gasteiger charge is -2.08. The fourth-order valence-corrected chi connectivity index (χ4v) is 1.65. The van der Waals surface area contributed by atoms with Crippen molar-refractivity contribution in [2.45, 2.75) is 32.9 Å². The number of nitrogens with one attached hydrogen (secondary N) is 1. The number of hydrogen-bond acceptors (Lipinski definition) is 4. The van der Waals surface area contributed by atoms with Crippen molar-refractivity contribution in [2.75, 3.05) is 11.9 Å². The Bertz CT molecular complexity index is 419. The molecule has 2 heterocycles. The highest BCUT2D eigenvalue weighted by atomic mass is 15.4. The van der Waals surface area contributed by atoms with E-state index in [1.807, 2.05) is 23.3 Å². The van der Waals surface area contributed by atoms with E-state index in [4.69, 9.17) is 0 Å². The molecule has 0 atom stereocenters. The van der Waals surface area contributed by atoms with Gasteiger partial charge in [-0.05, 0) is 12.8 Å². The maximum atomic E-state index is 4.29. The van der Waals surface area contributed by atoms with E-state index in [0.29, 0.717) is 0 Å². The molecule has 6 nitrogen and oxygen atoms in total. The molecule has 2 aromatic heterocycles. The van der Waals surface area contributed by atoms with Gasteiger partial charge >= 0.3 is 0 Å². The zero-order valence-corrected chi connectivity index (χ0v) is 10.1. The zero-order chi connectivity index (χ0) is 11.9. The monoisotopic (exact) mass is 234 g/mol. The second kappa shape index (κ2) is 6.03. The summed E-state index contributed by atoms with van der Waals surface area (Å²) in [6.45, 7) is 4.92. The third kappa shape index (κ3) is 3.30. The lowest BCUT2D eigenvalue weighted by atomic mass is 10.4. The first-order valence-electron chi connectivity index (χ1n) is 5.99. The number of aromatic nitrogens is 5. The van der Waals surface area contributed by atoms with Crippen LogP contribution < -0.4 is 5.32 Å². The van der Waals surface area contributed by atoms with E-state index in [1.54, 1.807) is 6.20 Å². The quantitative estimate of drug-likeness (QED) is 0.786. The summed E-state index contributed by atoms with van der Waals surface area (Å²) in [5, 5.41) is 11.0. The average Bonchev–Trinajstić information content (AvgIpc) is 2.98. The summed E-state index contributed by atoms with van der Waals surface area (Å²) in [5.74, 6) is 0.949. The van der Waals surface area contributed by atoms with Crippen LogP contribution in [0.25, 0.3) is 0 Å². The van der Waals surface area contributed by atoms with Gasteiger partial charge < -0.3 is 9.88 Å². The molecule has 0 aliphatic heterocycles. The average molecular weight is 234 g/mol. The van der Waals surface area contributed by atoms with Crippen LogP contribution in [0.5, 0.6) is 0 Å². The molecule has 0 amide bonds. The predicted molar refractivity (Wildman–Crippen MR) is 65.6 cm³/mol. The predicted octanol–water partition coefficient (Wildman–Crippen LogP) is 1.39. The molecule has 6 heteroatoms. The molecule has 0 radical (unpaired) electrons. The first-order chi connectivity index (χ1) is 8.40. The van der Waals surface area contributed by atoms with Gasteiger partial charge in [-0.25, -0.2) is 4.98 Å². The number of anilines is 1. The molecule has 2 aromatic rings. The van der Waals surface area contributed by atoms with Gasteiger partial charge in [0.1, 0.15) is 0 Å². The maximum Gasteiger partial charge on any atom is 0.202 e. The normalized spacial score (nSPS) is 10.6. The smallest absolute Gasteiger partial charge is 0.202 e. The molecule has 0 fully saturated rings. The zero-order valence-electron chi connectivity index (χ0n) is 10.1. The SMILES string of the molecule is CCCNc1nccn1CCCn1ccnn1. The Kier molecular flexibility index (Phi) is 4.12. The van der Waals surface area contributed by atoms with Crippen LogP contribution in [0.2, 0.25) is 0 Å². The van der Waals surface area contributed by atoms with Crippen LogP contribution >= 0.6 is 0 Å². The fraction of sp³-hybridized carbons (Fsp3) is 0.545. The summed E-state index contributed by atoms with van der Waals surface area (Å²) < 4.78 is 3.97. The first-order valence-corrected chi connectivity index (χ1v) is 5.99. The number of nitrogens with zero attached hydrogens (tertiary/aromatic N) is 5. The van der Waals surface area contributed by atoms with E-state index in [2.05, 4.69) is 32.1 Å². The molecular weight excluding hydrogens is 216 g/mol. The van der Waals surface area contributed by atoms with E-state index in [0.717, 1.165) is 38.4 Å². The van der Waals surface area contributed by atoms with Crippen molar-refractivity contribution in [2.24, 2.45) is 0 Å². The van der Waals surface area contributed by atoms with E-state index < -0.39 is 0 Å². The summed E-state index contributed by atoms with van der Waals surface area (Å²) in [4.78, 5) is 4.29. The Balaban J connectivity index is 1.80. The minimum absolute atomic E-state index is 0.880. The van der Waals surface area contributed by atoms with E-state index in [-0.39, 0.29) is 0 Å². The van der Waals surface area contributed by atoms with Gasteiger partial charge in [-0.1, -0.05) is 12.1 Å². The number of rotatable bonds is 7. The molecule has 0 unspecified atom stereocenters. The van der Waals surface area contributed by atoms with Crippen molar-refractivity contribution in [3.8, 4) is 0 Å². The summed E-state index contributed by atoms with van der Waals surface area (Å²) in [6, 6.07) is 0. The lowest BCUT2D eigenvalue weighted by Crippen LogP contribution is -2.10. The third-order valence-corrected chi connectivity index (χ3v) is 2.51. The highest BCUT2D eigenvalue weighted by Gasteiger charge is 2.01. The first kappa shape index (κ1) is 11.6. The molecule has 0 aliphatic rings. The molecular formula is C11H18N6. The highest BCUT2D eigenvalue weighted by Crippen LogP contribution is 2.05. The molecule has 1 N–H and O–H groups in total. The van der Waals surface area contributed by atoms with Crippen molar-refractivity contribution in [1.82, 2.24) is 24.5 Å². The van der Waals surface area contributed by atoms with Crippen molar-refractivity contribution >= 4 is 5.95 Å². The van der Waals surface area contributed by atoms with Crippen LogP contribution in [0, 0.1) is 0 Å². The van der Waals surface area contributed by atoms with E-state index in [9.17, 15) is 0 Å². The van der Waals surface area contributed by atoms with Gasteiger partial charge in [-0.2, -0.15) is 0 Å². The Morgan fingerprint density at radius 1 is 1.24 bits per heavy atom. The van der Waals surface area contributed by atoms with Gasteiger partial charge in [-0.15, -0.1) is 5.10 Å². The van der Waals surface area contributed by atoms with Gasteiger partial charge in [0.2, 0.25) is 5.95 Å². The minimum atomic E-state index is 0.880. The van der Waals surface area contributed by atoms with Gasteiger partial charge in [0.15, 0.2) is 0 Å². The van der Waals surface area contributed by atoms with Crippen molar-refractivity contribution < 1.29 is 0 Å². The number of hydrogen-bond donors (Lipinski definition) is 1. The van der Waals surface area contributed by atoms with Gasteiger partial charge in [0.25, 0.3) is 0 Å². The third-order valence-electron chi connectivity index (χ3n) is 2.51. The van der Waals surface area contributed by atoms with Crippen LogP contribution in [-0.4, -0.2) is 31.1 Å². The van der Waals surface area contributed by atoms with E-state index >= 15 is 0 Å². The van der Waals surface area contributed by atoms with E-state index in [1.165, 1.54) is 0 Å². The summed E-state index contributed by atoms with van der Waals surface area (Å²) in [5.41, 5.74) is 0.